The van der Waals surface area contributed by atoms with E-state index in [1.54, 1.807) is 18.2 Å². The van der Waals surface area contributed by atoms with Gasteiger partial charge in [0.25, 0.3) is 0 Å². The van der Waals surface area contributed by atoms with Gasteiger partial charge in [-0.3, -0.25) is 0 Å². The summed E-state index contributed by atoms with van der Waals surface area (Å²) in [4.78, 5) is 0. The van der Waals surface area contributed by atoms with Crippen LogP contribution in [0, 0.1) is 11.3 Å². The van der Waals surface area contributed by atoms with Crippen LogP contribution in [0.5, 0.6) is 0 Å². The molecule has 28 heavy (non-hydrogen) atoms. The Hall–Kier alpha value is -2.27. The maximum absolute atomic E-state index is 10.4. The van der Waals surface area contributed by atoms with Gasteiger partial charge in [0.1, 0.15) is 30.5 Å². The lowest BCUT2D eigenvalue weighted by Crippen LogP contribution is -2.55. The Morgan fingerprint density at radius 3 is 2.25 bits per heavy atom. The predicted octanol–water partition coefficient (Wildman–Crippen LogP) is 1.23. The van der Waals surface area contributed by atoms with Gasteiger partial charge in [-0.05, 0) is 41.2 Å². The number of ether oxygens (including phenoxy) is 1. The lowest BCUT2D eigenvalue weighted by atomic mass is 9.89. The Bertz CT molecular complexity index is 843. The summed E-state index contributed by atoms with van der Waals surface area (Å²) in [6.07, 6.45) is -4.56. The summed E-state index contributed by atoms with van der Waals surface area (Å²) in [6, 6.07) is 15.5. The van der Waals surface area contributed by atoms with Crippen LogP contribution in [0.2, 0.25) is 0 Å². The van der Waals surface area contributed by atoms with Crippen LogP contribution in [0.4, 0.5) is 0 Å². The second-order valence-electron chi connectivity index (χ2n) is 7.12. The molecule has 0 bridgehead atoms. The van der Waals surface area contributed by atoms with E-state index >= 15 is 0 Å². The van der Waals surface area contributed by atoms with Crippen LogP contribution >= 0.6 is 0 Å². The molecule has 4 N–H and O–H groups in total. The highest BCUT2D eigenvalue weighted by atomic mass is 16.5. The van der Waals surface area contributed by atoms with Crippen molar-refractivity contribution in [2.45, 2.75) is 50.3 Å². The van der Waals surface area contributed by atoms with E-state index in [4.69, 9.17) is 4.74 Å². The summed E-state index contributed by atoms with van der Waals surface area (Å²) in [5.41, 5.74) is 4.17. The van der Waals surface area contributed by atoms with Gasteiger partial charge in [-0.25, -0.2) is 0 Å². The molecule has 2 aromatic rings. The molecule has 6 nitrogen and oxygen atoms in total. The molecule has 0 saturated carbocycles. The van der Waals surface area contributed by atoms with Crippen molar-refractivity contribution in [2.24, 2.45) is 0 Å². The first-order valence-electron chi connectivity index (χ1n) is 9.39. The molecular weight excluding hydrogens is 358 g/mol. The van der Waals surface area contributed by atoms with Crippen molar-refractivity contribution >= 4 is 0 Å². The normalized spacial score (nSPS) is 27.4. The Balaban J connectivity index is 1.90. The molecule has 3 rings (SSSR count). The van der Waals surface area contributed by atoms with Gasteiger partial charge in [0.2, 0.25) is 0 Å². The average molecular weight is 383 g/mol. The predicted molar refractivity (Wildman–Crippen MR) is 103 cm³/mol. The van der Waals surface area contributed by atoms with E-state index in [9.17, 15) is 25.7 Å². The number of rotatable bonds is 5. The standard InChI is InChI=1S/C22H25NO5/c1-2-13-3-5-14(6-4-13)9-17-10-15(7-8-16(17)11-23)22-21(27)20(26)19(25)18(12-24)28-22/h3-8,10,18-22,24-27H,2,9,12H2,1H3/t18-,19-,20+,21-,22+/m1/s1. The number of hydrogen-bond donors (Lipinski definition) is 4. The highest BCUT2D eigenvalue weighted by Gasteiger charge is 2.44. The number of hydrogen-bond acceptors (Lipinski definition) is 6. The Labute approximate surface area is 164 Å². The third-order valence-electron chi connectivity index (χ3n) is 5.30. The highest BCUT2D eigenvalue weighted by Crippen LogP contribution is 2.33. The van der Waals surface area contributed by atoms with Crippen LogP contribution in [0.25, 0.3) is 0 Å². The second-order valence-corrected chi connectivity index (χ2v) is 7.12. The number of nitrogens with zero attached hydrogens (tertiary/aromatic N) is 1. The molecule has 0 aromatic heterocycles. The van der Waals surface area contributed by atoms with Crippen molar-refractivity contribution < 1.29 is 25.2 Å². The largest absolute Gasteiger partial charge is 0.394 e. The molecule has 0 aliphatic carbocycles. The van der Waals surface area contributed by atoms with E-state index in [-0.39, 0.29) is 0 Å². The molecule has 1 fully saturated rings. The summed E-state index contributed by atoms with van der Waals surface area (Å²) in [5, 5.41) is 49.2. The van der Waals surface area contributed by atoms with E-state index in [0.717, 1.165) is 17.5 Å². The molecule has 1 aliphatic heterocycles. The third kappa shape index (κ3) is 4.09. The minimum atomic E-state index is -1.43. The Kier molecular flexibility index (Phi) is 6.45. The Morgan fingerprint density at radius 2 is 1.64 bits per heavy atom. The van der Waals surface area contributed by atoms with Crippen LogP contribution in [-0.4, -0.2) is 51.4 Å². The minimum absolute atomic E-state index is 0.478. The summed E-state index contributed by atoms with van der Waals surface area (Å²) in [7, 11) is 0. The molecule has 1 saturated heterocycles. The van der Waals surface area contributed by atoms with Crippen molar-refractivity contribution in [3.63, 3.8) is 0 Å². The van der Waals surface area contributed by atoms with Gasteiger partial charge >= 0.3 is 0 Å². The zero-order valence-corrected chi connectivity index (χ0v) is 15.7. The van der Waals surface area contributed by atoms with E-state index in [1.807, 2.05) is 12.1 Å². The van der Waals surface area contributed by atoms with Gasteiger partial charge in [-0.1, -0.05) is 43.3 Å². The molecule has 2 aromatic carbocycles. The van der Waals surface area contributed by atoms with Crippen molar-refractivity contribution in [2.75, 3.05) is 6.61 Å². The van der Waals surface area contributed by atoms with Crippen molar-refractivity contribution in [1.82, 2.24) is 0 Å². The van der Waals surface area contributed by atoms with E-state index in [0.29, 0.717) is 17.5 Å². The quantitative estimate of drug-likeness (QED) is 0.617. The third-order valence-corrected chi connectivity index (χ3v) is 5.30. The number of benzene rings is 2. The topological polar surface area (TPSA) is 114 Å². The van der Waals surface area contributed by atoms with Crippen molar-refractivity contribution in [3.05, 3.63) is 70.3 Å². The van der Waals surface area contributed by atoms with Gasteiger partial charge in [0.05, 0.1) is 18.2 Å². The SMILES string of the molecule is CCc1ccc(Cc2cc([C@@H]3O[C@H](CO)[C@@H](O)[C@H](O)[C@H]3O)ccc2C#N)cc1. The van der Waals surface area contributed by atoms with Crippen LogP contribution in [0.3, 0.4) is 0 Å². The lowest BCUT2D eigenvalue weighted by Gasteiger charge is -2.40. The van der Waals surface area contributed by atoms with Crippen LogP contribution in [0.1, 0.15) is 40.8 Å². The zero-order valence-electron chi connectivity index (χ0n) is 15.7. The molecule has 0 radical (unpaired) electrons. The van der Waals surface area contributed by atoms with Crippen molar-refractivity contribution in [1.29, 1.82) is 5.26 Å². The van der Waals surface area contributed by atoms with Crippen LogP contribution in [-0.2, 0) is 17.6 Å². The Morgan fingerprint density at radius 1 is 0.964 bits per heavy atom. The fourth-order valence-electron chi connectivity index (χ4n) is 3.54. The van der Waals surface area contributed by atoms with Crippen LogP contribution < -0.4 is 0 Å². The fraction of sp³-hybridized carbons (Fsp3) is 0.409. The van der Waals surface area contributed by atoms with E-state index in [2.05, 4.69) is 25.1 Å². The molecule has 148 valence electrons. The number of aryl methyl sites for hydroxylation is 1. The molecule has 6 heteroatoms. The number of aliphatic hydroxyl groups is 4. The molecular formula is C22H25NO5. The fourth-order valence-corrected chi connectivity index (χ4v) is 3.54. The van der Waals surface area contributed by atoms with Crippen molar-refractivity contribution in [3.8, 4) is 6.07 Å². The lowest BCUT2D eigenvalue weighted by molar-refractivity contribution is -0.231. The minimum Gasteiger partial charge on any atom is -0.394 e. The average Bonchev–Trinajstić information content (AvgIpc) is 2.73. The van der Waals surface area contributed by atoms with Gasteiger partial charge in [0.15, 0.2) is 0 Å². The zero-order chi connectivity index (χ0) is 20.3. The molecule has 5 atom stereocenters. The molecule has 0 amide bonds. The number of nitriles is 1. The summed E-state index contributed by atoms with van der Waals surface area (Å²) < 4.78 is 5.63. The van der Waals surface area contributed by atoms with Crippen LogP contribution in [0.15, 0.2) is 42.5 Å². The van der Waals surface area contributed by atoms with Gasteiger partial charge in [-0.15, -0.1) is 0 Å². The van der Waals surface area contributed by atoms with E-state index in [1.165, 1.54) is 5.56 Å². The monoisotopic (exact) mass is 383 g/mol. The summed E-state index contributed by atoms with van der Waals surface area (Å²) >= 11 is 0. The second kappa shape index (κ2) is 8.82. The molecule has 1 aliphatic rings. The maximum atomic E-state index is 10.4. The van der Waals surface area contributed by atoms with E-state index < -0.39 is 37.1 Å². The first-order chi connectivity index (χ1) is 13.5. The maximum Gasteiger partial charge on any atom is 0.113 e. The van der Waals surface area contributed by atoms with Gasteiger partial charge in [-0.2, -0.15) is 5.26 Å². The summed E-state index contributed by atoms with van der Waals surface area (Å²) in [6.45, 7) is 1.61. The number of aliphatic hydroxyl groups excluding tert-OH is 4. The first-order valence-corrected chi connectivity index (χ1v) is 9.39. The smallest absolute Gasteiger partial charge is 0.113 e. The molecule has 0 unspecified atom stereocenters. The van der Waals surface area contributed by atoms with Gasteiger partial charge < -0.3 is 25.2 Å². The molecule has 0 spiro atoms. The molecule has 1 heterocycles. The first kappa shape index (κ1) is 20.5. The highest BCUT2D eigenvalue weighted by molar-refractivity contribution is 5.44. The summed E-state index contributed by atoms with van der Waals surface area (Å²) in [5.74, 6) is 0. The van der Waals surface area contributed by atoms with Gasteiger partial charge in [0, 0.05) is 0 Å².